The van der Waals surface area contributed by atoms with Gasteiger partial charge in [-0.05, 0) is 38.8 Å². The number of fused-ring (bicyclic) bond motifs is 1. The number of para-hydroxylation sites is 1. The van der Waals surface area contributed by atoms with E-state index in [2.05, 4.69) is 19.6 Å². The Hall–Kier alpha value is -1.73. The van der Waals surface area contributed by atoms with Crippen molar-refractivity contribution in [3.8, 4) is 0 Å². The van der Waals surface area contributed by atoms with Crippen molar-refractivity contribution >= 4 is 26.7 Å². The van der Waals surface area contributed by atoms with Gasteiger partial charge >= 0.3 is 0 Å². The maximum Gasteiger partial charge on any atom is 0.214 e. The second kappa shape index (κ2) is 6.41. The van der Waals surface area contributed by atoms with Gasteiger partial charge in [0.2, 0.25) is 10.0 Å². The third-order valence-electron chi connectivity index (χ3n) is 4.19. The average molecular weight is 334 g/mol. The molecule has 2 heterocycles. The number of anilines is 1. The molecule has 1 aliphatic rings. The molecule has 23 heavy (non-hydrogen) atoms. The first-order chi connectivity index (χ1) is 11.0. The summed E-state index contributed by atoms with van der Waals surface area (Å²) in [6.45, 7) is 4.90. The standard InChI is InChI=1S/C16H22N4O2S/c1-12(2)23(21,22)19-13-6-5-9-20(10-13)16-14-7-3-4-8-15(14)17-11-18-16/h3-4,7-8,11-13,19H,5-6,9-10H2,1-2H3. The molecule has 124 valence electrons. The largest absolute Gasteiger partial charge is 0.354 e. The third kappa shape index (κ3) is 3.45. The quantitative estimate of drug-likeness (QED) is 0.924. The lowest BCUT2D eigenvalue weighted by Gasteiger charge is -2.34. The van der Waals surface area contributed by atoms with Crippen molar-refractivity contribution in [2.75, 3.05) is 18.0 Å². The molecule has 1 unspecified atom stereocenters. The number of hydrogen-bond acceptors (Lipinski definition) is 5. The summed E-state index contributed by atoms with van der Waals surface area (Å²) >= 11 is 0. The van der Waals surface area contributed by atoms with Gasteiger partial charge in [0, 0.05) is 24.5 Å². The molecule has 0 spiro atoms. The molecule has 1 aromatic heterocycles. The van der Waals surface area contributed by atoms with Crippen LogP contribution in [0.3, 0.4) is 0 Å². The highest BCUT2D eigenvalue weighted by Crippen LogP contribution is 2.25. The van der Waals surface area contributed by atoms with Crippen LogP contribution in [0, 0.1) is 0 Å². The Bertz CT molecular complexity index is 786. The monoisotopic (exact) mass is 334 g/mol. The van der Waals surface area contributed by atoms with Gasteiger partial charge in [0.1, 0.15) is 12.1 Å². The summed E-state index contributed by atoms with van der Waals surface area (Å²) in [6.07, 6.45) is 3.36. The van der Waals surface area contributed by atoms with Crippen molar-refractivity contribution in [2.45, 2.75) is 38.0 Å². The van der Waals surface area contributed by atoms with E-state index in [4.69, 9.17) is 0 Å². The molecule has 1 N–H and O–H groups in total. The Morgan fingerprint density at radius 3 is 2.83 bits per heavy atom. The van der Waals surface area contributed by atoms with Crippen LogP contribution in [0.25, 0.3) is 10.9 Å². The molecule has 1 fully saturated rings. The molecule has 0 saturated carbocycles. The minimum absolute atomic E-state index is 0.0788. The average Bonchev–Trinajstić information content (AvgIpc) is 2.54. The highest BCUT2D eigenvalue weighted by molar-refractivity contribution is 7.90. The van der Waals surface area contributed by atoms with Crippen LogP contribution >= 0.6 is 0 Å². The molecule has 6 nitrogen and oxygen atoms in total. The molecule has 2 aromatic rings. The van der Waals surface area contributed by atoms with Gasteiger partial charge in [-0.2, -0.15) is 0 Å². The van der Waals surface area contributed by atoms with Gasteiger partial charge in [0.05, 0.1) is 10.8 Å². The van der Waals surface area contributed by atoms with Crippen LogP contribution < -0.4 is 9.62 Å². The number of piperidine rings is 1. The van der Waals surface area contributed by atoms with Crippen LogP contribution in [0.4, 0.5) is 5.82 Å². The highest BCUT2D eigenvalue weighted by Gasteiger charge is 2.27. The van der Waals surface area contributed by atoms with E-state index >= 15 is 0 Å². The lowest BCUT2D eigenvalue weighted by atomic mass is 10.1. The van der Waals surface area contributed by atoms with Gasteiger partial charge < -0.3 is 4.90 Å². The molecular weight excluding hydrogens is 312 g/mol. The molecule has 1 aromatic carbocycles. The van der Waals surface area contributed by atoms with Gasteiger partial charge in [-0.1, -0.05) is 12.1 Å². The normalized spacial score (nSPS) is 19.4. The maximum absolute atomic E-state index is 12.1. The number of sulfonamides is 1. The zero-order chi connectivity index (χ0) is 16.4. The number of benzene rings is 1. The number of nitrogens with one attached hydrogen (secondary N) is 1. The zero-order valence-corrected chi connectivity index (χ0v) is 14.3. The SMILES string of the molecule is CC(C)S(=O)(=O)NC1CCCN(c2ncnc3ccccc23)C1. The fraction of sp³-hybridized carbons (Fsp3) is 0.500. The first-order valence-electron chi connectivity index (χ1n) is 7.93. The van der Waals surface area contributed by atoms with Crippen LogP contribution in [0.5, 0.6) is 0 Å². The predicted molar refractivity (Wildman–Crippen MR) is 92.0 cm³/mol. The van der Waals surface area contributed by atoms with E-state index in [1.165, 1.54) is 0 Å². The molecule has 0 bridgehead atoms. The minimum atomic E-state index is -3.26. The van der Waals surface area contributed by atoms with Crippen molar-refractivity contribution in [1.29, 1.82) is 0 Å². The zero-order valence-electron chi connectivity index (χ0n) is 13.4. The predicted octanol–water partition coefficient (Wildman–Crippen LogP) is 1.93. The van der Waals surface area contributed by atoms with Crippen molar-refractivity contribution in [1.82, 2.24) is 14.7 Å². The van der Waals surface area contributed by atoms with Crippen LogP contribution in [-0.4, -0.2) is 42.8 Å². The first-order valence-corrected chi connectivity index (χ1v) is 9.48. The second-order valence-corrected chi connectivity index (χ2v) is 8.48. The Morgan fingerprint density at radius 1 is 1.26 bits per heavy atom. The van der Waals surface area contributed by atoms with E-state index in [1.807, 2.05) is 24.3 Å². The lowest BCUT2D eigenvalue weighted by Crippen LogP contribution is -2.49. The van der Waals surface area contributed by atoms with E-state index in [1.54, 1.807) is 20.2 Å². The van der Waals surface area contributed by atoms with Gasteiger partial charge in [-0.3, -0.25) is 0 Å². The fourth-order valence-electron chi connectivity index (χ4n) is 2.88. The summed E-state index contributed by atoms with van der Waals surface area (Å²) in [5.74, 6) is 0.879. The van der Waals surface area contributed by atoms with Crippen molar-refractivity contribution < 1.29 is 8.42 Å². The number of aromatic nitrogens is 2. The molecule has 1 atom stereocenters. The second-order valence-electron chi connectivity index (χ2n) is 6.21. The summed E-state index contributed by atoms with van der Waals surface area (Å²) in [5.41, 5.74) is 0.905. The lowest BCUT2D eigenvalue weighted by molar-refractivity contribution is 0.462. The number of nitrogens with zero attached hydrogens (tertiary/aromatic N) is 3. The van der Waals surface area contributed by atoms with E-state index < -0.39 is 15.3 Å². The molecule has 7 heteroatoms. The Morgan fingerprint density at radius 2 is 2.04 bits per heavy atom. The minimum Gasteiger partial charge on any atom is -0.354 e. The number of rotatable bonds is 4. The fourth-order valence-corrected chi connectivity index (χ4v) is 3.81. The molecule has 1 saturated heterocycles. The summed E-state index contributed by atoms with van der Waals surface area (Å²) in [4.78, 5) is 10.9. The molecule has 1 aliphatic heterocycles. The molecular formula is C16H22N4O2S. The van der Waals surface area contributed by atoms with E-state index in [0.717, 1.165) is 36.1 Å². The highest BCUT2D eigenvalue weighted by atomic mass is 32.2. The first kappa shape index (κ1) is 16.1. The van der Waals surface area contributed by atoms with Crippen LogP contribution in [-0.2, 0) is 10.0 Å². The molecule has 0 radical (unpaired) electrons. The summed E-state index contributed by atoms with van der Waals surface area (Å²) < 4.78 is 27.0. The van der Waals surface area contributed by atoms with Gasteiger partial charge in [-0.25, -0.2) is 23.1 Å². The Labute approximate surface area is 137 Å². The molecule has 0 aliphatic carbocycles. The third-order valence-corrected chi connectivity index (χ3v) is 6.10. The van der Waals surface area contributed by atoms with Crippen LogP contribution in [0.2, 0.25) is 0 Å². The van der Waals surface area contributed by atoms with Crippen molar-refractivity contribution in [2.24, 2.45) is 0 Å². The Kier molecular flexibility index (Phi) is 4.50. The van der Waals surface area contributed by atoms with Crippen molar-refractivity contribution in [3.63, 3.8) is 0 Å². The summed E-state index contributed by atoms with van der Waals surface area (Å²) in [7, 11) is -3.26. The van der Waals surface area contributed by atoms with Crippen LogP contribution in [0.1, 0.15) is 26.7 Å². The van der Waals surface area contributed by atoms with E-state index in [9.17, 15) is 8.42 Å². The smallest absolute Gasteiger partial charge is 0.214 e. The van der Waals surface area contributed by atoms with Gasteiger partial charge in [0.15, 0.2) is 0 Å². The summed E-state index contributed by atoms with van der Waals surface area (Å²) in [6, 6.07) is 7.81. The number of hydrogen-bond donors (Lipinski definition) is 1. The van der Waals surface area contributed by atoms with Crippen LogP contribution in [0.15, 0.2) is 30.6 Å². The van der Waals surface area contributed by atoms with E-state index in [0.29, 0.717) is 6.54 Å². The summed E-state index contributed by atoms with van der Waals surface area (Å²) in [5, 5.41) is 0.583. The van der Waals surface area contributed by atoms with Crippen molar-refractivity contribution in [3.05, 3.63) is 30.6 Å². The topological polar surface area (TPSA) is 75.2 Å². The molecule has 0 amide bonds. The molecule has 3 rings (SSSR count). The van der Waals surface area contributed by atoms with Gasteiger partial charge in [0.25, 0.3) is 0 Å². The maximum atomic E-state index is 12.1. The Balaban J connectivity index is 1.83. The van der Waals surface area contributed by atoms with E-state index in [-0.39, 0.29) is 6.04 Å². The van der Waals surface area contributed by atoms with Gasteiger partial charge in [-0.15, -0.1) is 0 Å².